The Balaban J connectivity index is 1.60. The van der Waals surface area contributed by atoms with E-state index in [1.54, 1.807) is 0 Å². The minimum atomic E-state index is 0.285. The molecule has 0 aliphatic carbocycles. The monoisotopic (exact) mass is 774 g/mol. The van der Waals surface area contributed by atoms with Crippen molar-refractivity contribution < 1.29 is 18.9 Å². The topological polar surface area (TPSA) is 189 Å². The van der Waals surface area contributed by atoms with Crippen molar-refractivity contribution in [3.63, 3.8) is 0 Å². The highest BCUT2D eigenvalue weighted by Crippen LogP contribution is 2.52. The van der Waals surface area contributed by atoms with Gasteiger partial charge in [-0.25, -0.2) is 9.97 Å². The Labute approximate surface area is 338 Å². The van der Waals surface area contributed by atoms with Crippen molar-refractivity contribution in [1.29, 1.82) is 21.0 Å². The Kier molecular flexibility index (Phi) is 14.9. The van der Waals surface area contributed by atoms with Gasteiger partial charge in [0.2, 0.25) is 11.5 Å². The molecule has 0 radical (unpaired) electrons. The van der Waals surface area contributed by atoms with Crippen LogP contribution in [0.2, 0.25) is 0 Å². The quantitative estimate of drug-likeness (QED) is 0.0665. The predicted octanol–water partition coefficient (Wildman–Crippen LogP) is 10.6. The van der Waals surface area contributed by atoms with Gasteiger partial charge in [-0.3, -0.25) is 0 Å². The highest BCUT2D eigenvalue weighted by atomic mass is 16.6. The van der Waals surface area contributed by atoms with Crippen LogP contribution in [0.1, 0.15) is 99.8 Å². The van der Waals surface area contributed by atoms with Gasteiger partial charge in [-0.15, -0.1) is 0 Å². The first-order valence-corrected chi connectivity index (χ1v) is 19.9. The number of nitrogens with zero attached hydrogens (tertiary/aromatic N) is 6. The smallest absolute Gasteiger partial charge is 0.208 e. The zero-order chi connectivity index (χ0) is 40.4. The summed E-state index contributed by atoms with van der Waals surface area (Å²) in [5.74, 6) is 1.58. The average molecular weight is 775 g/mol. The molecule has 5 heterocycles. The first-order valence-electron chi connectivity index (χ1n) is 19.9. The van der Waals surface area contributed by atoms with Crippen molar-refractivity contribution in [2.45, 2.75) is 77.0 Å². The standard InChI is InChI=1S/C46H46N8O4/c47-21-5-1-9-25-55-42-32-39(44(56-26-10-2-6-22-48)46(58-28-12-4-8-24-50)45(42)57-27-11-3-7-23-49)43-40-19-17-37(53-40)30-35-15-13-33(51-35)29-34-14-16-36(52-34)31-38-18-20-41(43)54-38/h13-20,29-32,51-52H,1-12,25-28H2. The summed E-state index contributed by atoms with van der Waals surface area (Å²) in [6.45, 7) is 1.21. The maximum atomic E-state index is 9.24. The highest BCUT2D eigenvalue weighted by Gasteiger charge is 2.28. The van der Waals surface area contributed by atoms with Gasteiger partial charge < -0.3 is 28.9 Å². The first kappa shape index (κ1) is 40.6. The van der Waals surface area contributed by atoms with Crippen LogP contribution in [0, 0.1) is 45.3 Å². The fourth-order valence-corrected chi connectivity index (χ4v) is 6.52. The van der Waals surface area contributed by atoms with E-state index in [1.165, 1.54) is 0 Å². The number of hydrogen-bond acceptors (Lipinski definition) is 10. The molecule has 0 amide bonds. The molecule has 6 rings (SSSR count). The lowest BCUT2D eigenvalue weighted by molar-refractivity contribution is 0.221. The second-order valence-corrected chi connectivity index (χ2v) is 13.8. The van der Waals surface area contributed by atoms with Gasteiger partial charge >= 0.3 is 0 Å². The third-order valence-corrected chi connectivity index (χ3v) is 9.37. The fraction of sp³-hybridized carbons (Fsp3) is 0.348. The number of rotatable bonds is 21. The number of nitrogens with one attached hydrogen (secondary N) is 2. The van der Waals surface area contributed by atoms with Crippen LogP contribution in [0.25, 0.3) is 57.5 Å². The van der Waals surface area contributed by atoms with E-state index in [0.29, 0.717) is 142 Å². The van der Waals surface area contributed by atoms with E-state index in [-0.39, 0.29) is 6.61 Å². The number of aromatic nitrogens is 4. The van der Waals surface area contributed by atoms with Crippen molar-refractivity contribution in [1.82, 2.24) is 19.9 Å². The van der Waals surface area contributed by atoms with Crippen molar-refractivity contribution in [2.24, 2.45) is 0 Å². The molecule has 294 valence electrons. The molecular formula is C46H46N8O4. The summed E-state index contributed by atoms with van der Waals surface area (Å²) in [6, 6.07) is 24.8. The van der Waals surface area contributed by atoms with Crippen LogP contribution in [-0.4, -0.2) is 46.4 Å². The Hall–Kier alpha value is -7.02. The van der Waals surface area contributed by atoms with E-state index in [2.05, 4.69) is 34.2 Å². The largest absolute Gasteiger partial charge is 0.490 e. The normalized spacial score (nSPS) is 11.3. The molecule has 3 aromatic heterocycles. The van der Waals surface area contributed by atoms with Crippen molar-refractivity contribution in [3.05, 3.63) is 71.3 Å². The molecule has 0 saturated carbocycles. The van der Waals surface area contributed by atoms with Gasteiger partial charge in [0.1, 0.15) is 0 Å². The zero-order valence-corrected chi connectivity index (χ0v) is 32.6. The number of H-pyrrole nitrogens is 2. The van der Waals surface area contributed by atoms with Crippen LogP contribution >= 0.6 is 0 Å². The molecule has 2 aliphatic rings. The highest BCUT2D eigenvalue weighted by molar-refractivity contribution is 5.93. The van der Waals surface area contributed by atoms with Crippen LogP contribution in [-0.2, 0) is 0 Å². The number of aromatic amines is 2. The third-order valence-electron chi connectivity index (χ3n) is 9.37. The Morgan fingerprint density at radius 2 is 0.862 bits per heavy atom. The Morgan fingerprint density at radius 1 is 0.448 bits per heavy atom. The van der Waals surface area contributed by atoms with Crippen molar-refractivity contribution in [2.75, 3.05) is 26.4 Å². The maximum Gasteiger partial charge on any atom is 0.208 e. The number of benzene rings is 1. The van der Waals surface area contributed by atoms with Gasteiger partial charge in [0.25, 0.3) is 0 Å². The van der Waals surface area contributed by atoms with E-state index in [9.17, 15) is 10.5 Å². The summed E-state index contributed by atoms with van der Waals surface area (Å²) in [6.07, 6.45) is 14.7. The number of unbranched alkanes of at least 4 members (excludes halogenated alkanes) is 8. The summed E-state index contributed by atoms with van der Waals surface area (Å²) in [4.78, 5) is 17.2. The lowest BCUT2D eigenvalue weighted by Gasteiger charge is -2.23. The minimum Gasteiger partial charge on any atom is -0.490 e. The van der Waals surface area contributed by atoms with Crippen molar-refractivity contribution >= 4 is 46.4 Å². The molecule has 1 aromatic carbocycles. The molecule has 2 N–H and O–H groups in total. The molecule has 12 heteroatoms. The van der Waals surface area contributed by atoms with Crippen LogP contribution in [0.3, 0.4) is 0 Å². The molecule has 0 atom stereocenters. The SMILES string of the molecule is N#CCCCCOc1cc(-c2c3nc(cc4ccc(cc5ccc(cc6nc2C=C6)[nH]5)[nH]4)C=C3)c(OCCCCC#N)c(OCCCCC#N)c1OCCCCC#N. The van der Waals surface area contributed by atoms with Gasteiger partial charge in [-0.2, -0.15) is 21.0 Å². The summed E-state index contributed by atoms with van der Waals surface area (Å²) < 4.78 is 26.3. The average Bonchev–Trinajstić information content (AvgIpc) is 4.06. The third kappa shape index (κ3) is 11.1. The lowest BCUT2D eigenvalue weighted by Crippen LogP contribution is -2.10. The molecule has 2 aliphatic heterocycles. The molecule has 8 bridgehead atoms. The first-order chi connectivity index (χ1) is 28.6. The zero-order valence-electron chi connectivity index (χ0n) is 32.6. The fourth-order valence-electron chi connectivity index (χ4n) is 6.52. The van der Waals surface area contributed by atoms with Crippen LogP contribution < -0.4 is 18.9 Å². The Bertz CT molecular complexity index is 2360. The van der Waals surface area contributed by atoms with Gasteiger partial charge in [0.15, 0.2) is 11.5 Å². The molecule has 0 saturated heterocycles. The second-order valence-electron chi connectivity index (χ2n) is 13.8. The van der Waals surface area contributed by atoms with E-state index in [4.69, 9.17) is 39.4 Å². The number of ether oxygens (including phenoxy) is 4. The van der Waals surface area contributed by atoms with Gasteiger partial charge in [0.05, 0.1) is 73.5 Å². The van der Waals surface area contributed by atoms with Crippen LogP contribution in [0.15, 0.2) is 48.5 Å². The van der Waals surface area contributed by atoms with E-state index in [1.807, 2.05) is 72.8 Å². The number of hydrogen-bond donors (Lipinski definition) is 2. The van der Waals surface area contributed by atoms with Crippen LogP contribution in [0.5, 0.6) is 23.0 Å². The summed E-state index contributed by atoms with van der Waals surface area (Å²) >= 11 is 0. The maximum absolute atomic E-state index is 9.24. The summed E-state index contributed by atoms with van der Waals surface area (Å²) in [7, 11) is 0. The summed E-state index contributed by atoms with van der Waals surface area (Å²) in [5.41, 5.74) is 7.81. The molecule has 12 nitrogen and oxygen atoms in total. The van der Waals surface area contributed by atoms with Gasteiger partial charge in [0, 0.05) is 58.9 Å². The number of nitriles is 4. The van der Waals surface area contributed by atoms with E-state index in [0.717, 1.165) is 33.5 Å². The number of fused-ring (bicyclic) bond motifs is 8. The van der Waals surface area contributed by atoms with Gasteiger partial charge in [-0.05, 0) is 124 Å². The van der Waals surface area contributed by atoms with Gasteiger partial charge in [-0.1, -0.05) is 0 Å². The molecule has 58 heavy (non-hydrogen) atoms. The molecule has 4 aromatic rings. The Morgan fingerprint density at radius 3 is 1.33 bits per heavy atom. The summed E-state index contributed by atoms with van der Waals surface area (Å²) in [5, 5.41) is 36.8. The molecular weight excluding hydrogens is 729 g/mol. The van der Waals surface area contributed by atoms with Crippen LogP contribution in [0.4, 0.5) is 0 Å². The molecule has 0 unspecified atom stereocenters. The lowest BCUT2D eigenvalue weighted by atomic mass is 9.99. The second kappa shape index (κ2) is 21.3. The predicted molar refractivity (Wildman–Crippen MR) is 224 cm³/mol. The molecule has 0 spiro atoms. The van der Waals surface area contributed by atoms with Crippen molar-refractivity contribution in [3.8, 4) is 58.4 Å². The molecule has 0 fully saturated rings. The minimum absolute atomic E-state index is 0.285. The van der Waals surface area contributed by atoms with E-state index >= 15 is 0 Å². The van der Waals surface area contributed by atoms with E-state index < -0.39 is 0 Å².